The fraction of sp³-hybridized carbons (Fsp3) is 0.529. The lowest BCUT2D eigenvalue weighted by Crippen LogP contribution is -2.43. The minimum atomic E-state index is 0.794. The van der Waals surface area contributed by atoms with Crippen LogP contribution in [0, 0.1) is 0 Å². The molecule has 4 rings (SSSR count). The molecule has 1 saturated heterocycles. The first-order chi connectivity index (χ1) is 9.92. The Hall–Kier alpha value is -0.900. The third kappa shape index (κ3) is 2.50. The monoisotopic (exact) mass is 286 g/mol. The molecule has 1 aliphatic carbocycles. The first kappa shape index (κ1) is 12.8. The second-order valence-electron chi connectivity index (χ2n) is 6.14. The van der Waals surface area contributed by atoms with Crippen molar-refractivity contribution in [3.63, 3.8) is 0 Å². The molecule has 2 fully saturated rings. The van der Waals surface area contributed by atoms with Gasteiger partial charge < -0.3 is 5.32 Å². The van der Waals surface area contributed by atoms with Gasteiger partial charge in [0.1, 0.15) is 0 Å². The third-order valence-corrected chi connectivity index (χ3v) is 5.72. The highest BCUT2D eigenvalue weighted by atomic mass is 32.1. The highest BCUT2D eigenvalue weighted by molar-refractivity contribution is 7.17. The van der Waals surface area contributed by atoms with Gasteiger partial charge in [-0.3, -0.25) is 4.90 Å². The van der Waals surface area contributed by atoms with Gasteiger partial charge in [-0.05, 0) is 61.2 Å². The number of benzene rings is 1. The van der Waals surface area contributed by atoms with Crippen LogP contribution in [0.1, 0.15) is 31.2 Å². The van der Waals surface area contributed by atoms with E-state index in [0.717, 1.165) is 18.6 Å². The molecule has 0 radical (unpaired) electrons. The number of hydrogen-bond donors (Lipinski definition) is 1. The minimum absolute atomic E-state index is 0.794. The van der Waals surface area contributed by atoms with Crippen molar-refractivity contribution in [2.75, 3.05) is 13.1 Å². The summed E-state index contributed by atoms with van der Waals surface area (Å²) in [6.45, 7) is 3.54. The Labute approximate surface area is 124 Å². The van der Waals surface area contributed by atoms with E-state index in [2.05, 4.69) is 39.9 Å². The van der Waals surface area contributed by atoms with Crippen molar-refractivity contribution in [3.8, 4) is 0 Å². The molecule has 1 aliphatic heterocycles. The number of rotatable bonds is 4. The zero-order chi connectivity index (χ0) is 13.4. The van der Waals surface area contributed by atoms with E-state index in [1.54, 1.807) is 0 Å². The SMILES string of the molecule is c1ccc2c(CN(C3CCNCC3)C3CC3)csc2c1. The fourth-order valence-electron chi connectivity index (χ4n) is 3.45. The van der Waals surface area contributed by atoms with Crippen molar-refractivity contribution in [1.29, 1.82) is 0 Å². The molecule has 2 heterocycles. The van der Waals surface area contributed by atoms with Crippen LogP contribution in [0.5, 0.6) is 0 Å². The second kappa shape index (κ2) is 5.47. The molecule has 20 heavy (non-hydrogen) atoms. The third-order valence-electron chi connectivity index (χ3n) is 4.71. The molecule has 1 N–H and O–H groups in total. The topological polar surface area (TPSA) is 15.3 Å². The number of thiophene rings is 1. The van der Waals surface area contributed by atoms with Crippen molar-refractivity contribution < 1.29 is 0 Å². The molecule has 2 aromatic rings. The van der Waals surface area contributed by atoms with E-state index in [9.17, 15) is 0 Å². The fourth-order valence-corrected chi connectivity index (χ4v) is 4.41. The highest BCUT2D eigenvalue weighted by Gasteiger charge is 2.34. The van der Waals surface area contributed by atoms with E-state index in [1.807, 2.05) is 11.3 Å². The molecule has 3 heteroatoms. The Morgan fingerprint density at radius 1 is 1.05 bits per heavy atom. The molecule has 0 spiro atoms. The van der Waals surface area contributed by atoms with Gasteiger partial charge in [-0.25, -0.2) is 0 Å². The van der Waals surface area contributed by atoms with Crippen LogP contribution in [0.25, 0.3) is 10.1 Å². The lowest BCUT2D eigenvalue weighted by Gasteiger charge is -2.34. The van der Waals surface area contributed by atoms with Gasteiger partial charge in [0, 0.05) is 23.3 Å². The summed E-state index contributed by atoms with van der Waals surface area (Å²) >= 11 is 1.90. The summed E-state index contributed by atoms with van der Waals surface area (Å²) in [7, 11) is 0. The van der Waals surface area contributed by atoms with E-state index in [4.69, 9.17) is 0 Å². The molecule has 0 amide bonds. The summed E-state index contributed by atoms with van der Waals surface area (Å²) in [6.07, 6.45) is 5.45. The van der Waals surface area contributed by atoms with Gasteiger partial charge in [-0.1, -0.05) is 18.2 Å². The molecule has 1 saturated carbocycles. The van der Waals surface area contributed by atoms with E-state index >= 15 is 0 Å². The lowest BCUT2D eigenvalue weighted by molar-refractivity contribution is 0.145. The average molecular weight is 286 g/mol. The van der Waals surface area contributed by atoms with Gasteiger partial charge in [-0.2, -0.15) is 0 Å². The van der Waals surface area contributed by atoms with Gasteiger partial charge in [0.05, 0.1) is 0 Å². The van der Waals surface area contributed by atoms with Crippen LogP contribution in [0.4, 0.5) is 0 Å². The van der Waals surface area contributed by atoms with Crippen molar-refractivity contribution in [1.82, 2.24) is 10.2 Å². The molecule has 1 aromatic heterocycles. The Bertz CT molecular complexity index is 581. The van der Waals surface area contributed by atoms with Crippen LogP contribution >= 0.6 is 11.3 Å². The Kier molecular flexibility index (Phi) is 3.51. The van der Waals surface area contributed by atoms with Crippen molar-refractivity contribution in [2.24, 2.45) is 0 Å². The second-order valence-corrected chi connectivity index (χ2v) is 7.05. The standard InChI is InChI=1S/C17H22N2S/c1-2-4-17-16(3-1)13(12-20-17)11-19(14-5-6-14)15-7-9-18-10-8-15/h1-4,12,14-15,18H,5-11H2. The zero-order valence-electron chi connectivity index (χ0n) is 11.8. The highest BCUT2D eigenvalue weighted by Crippen LogP contribution is 2.35. The molecule has 0 unspecified atom stereocenters. The van der Waals surface area contributed by atoms with Gasteiger partial charge in [0.15, 0.2) is 0 Å². The first-order valence-corrected chi connectivity index (χ1v) is 8.71. The van der Waals surface area contributed by atoms with Crippen molar-refractivity contribution >= 4 is 21.4 Å². The number of nitrogens with one attached hydrogen (secondary N) is 1. The van der Waals surface area contributed by atoms with Crippen molar-refractivity contribution in [3.05, 3.63) is 35.2 Å². The Morgan fingerprint density at radius 2 is 1.80 bits per heavy atom. The molecule has 1 aromatic carbocycles. The van der Waals surface area contributed by atoms with Crippen molar-refractivity contribution in [2.45, 2.75) is 44.3 Å². The Balaban J connectivity index is 1.58. The van der Waals surface area contributed by atoms with Crippen LogP contribution < -0.4 is 5.32 Å². The summed E-state index contributed by atoms with van der Waals surface area (Å²) in [5.41, 5.74) is 1.54. The average Bonchev–Trinajstić information content (AvgIpc) is 3.27. The largest absolute Gasteiger partial charge is 0.317 e. The van der Waals surface area contributed by atoms with Gasteiger partial charge in [0.25, 0.3) is 0 Å². The number of fused-ring (bicyclic) bond motifs is 1. The van der Waals surface area contributed by atoms with Crippen LogP contribution in [-0.2, 0) is 6.54 Å². The van der Waals surface area contributed by atoms with Gasteiger partial charge in [0.2, 0.25) is 0 Å². The number of hydrogen-bond acceptors (Lipinski definition) is 3. The maximum Gasteiger partial charge on any atom is 0.0346 e. The quantitative estimate of drug-likeness (QED) is 0.923. The van der Waals surface area contributed by atoms with E-state index in [-0.39, 0.29) is 0 Å². The molecular formula is C17H22N2S. The van der Waals surface area contributed by atoms with Crippen LogP contribution in [0.15, 0.2) is 29.6 Å². The van der Waals surface area contributed by atoms with Crippen LogP contribution in [0.3, 0.4) is 0 Å². The Morgan fingerprint density at radius 3 is 2.60 bits per heavy atom. The smallest absolute Gasteiger partial charge is 0.0346 e. The van der Waals surface area contributed by atoms with Gasteiger partial charge in [-0.15, -0.1) is 11.3 Å². The lowest BCUT2D eigenvalue weighted by atomic mass is 10.0. The molecule has 0 bridgehead atoms. The minimum Gasteiger partial charge on any atom is -0.317 e. The zero-order valence-corrected chi connectivity index (χ0v) is 12.7. The molecular weight excluding hydrogens is 264 g/mol. The van der Waals surface area contributed by atoms with Crippen LogP contribution in [-0.4, -0.2) is 30.1 Å². The summed E-state index contributed by atoms with van der Waals surface area (Å²) in [4.78, 5) is 2.80. The normalized spacial score (nSPS) is 20.9. The summed E-state index contributed by atoms with van der Waals surface area (Å²) in [5.74, 6) is 0. The van der Waals surface area contributed by atoms with Gasteiger partial charge >= 0.3 is 0 Å². The predicted molar refractivity (Wildman–Crippen MR) is 86.3 cm³/mol. The maximum absolute atomic E-state index is 3.49. The summed E-state index contributed by atoms with van der Waals surface area (Å²) in [6, 6.07) is 10.5. The molecule has 0 atom stereocenters. The van der Waals surface area contributed by atoms with E-state index < -0.39 is 0 Å². The molecule has 2 aliphatic rings. The molecule has 106 valence electrons. The first-order valence-electron chi connectivity index (χ1n) is 7.83. The summed E-state index contributed by atoms with van der Waals surface area (Å²) < 4.78 is 1.43. The predicted octanol–water partition coefficient (Wildman–Crippen LogP) is 3.62. The maximum atomic E-state index is 3.49. The molecule has 2 nitrogen and oxygen atoms in total. The van der Waals surface area contributed by atoms with Crippen LogP contribution in [0.2, 0.25) is 0 Å². The summed E-state index contributed by atoms with van der Waals surface area (Å²) in [5, 5.41) is 7.34. The number of piperidine rings is 1. The van der Waals surface area contributed by atoms with E-state index in [0.29, 0.717) is 0 Å². The number of nitrogens with zero attached hydrogens (tertiary/aromatic N) is 1. The van der Waals surface area contributed by atoms with E-state index in [1.165, 1.54) is 54.4 Å².